The molecule has 0 amide bonds. The van der Waals surface area contributed by atoms with Gasteiger partial charge in [-0.2, -0.15) is 0 Å². The molecule has 0 aromatic heterocycles. The maximum absolute atomic E-state index is 13.5. The van der Waals surface area contributed by atoms with Crippen LogP contribution in [0.3, 0.4) is 0 Å². The van der Waals surface area contributed by atoms with Gasteiger partial charge in [0.1, 0.15) is 11.4 Å². The van der Waals surface area contributed by atoms with Gasteiger partial charge in [-0.25, -0.2) is 0 Å². The molecule has 0 aliphatic carbocycles. The minimum atomic E-state index is -1.15. The molecule has 0 radical (unpaired) electrons. The second-order valence-electron chi connectivity index (χ2n) is 10.8. The summed E-state index contributed by atoms with van der Waals surface area (Å²) in [6.07, 6.45) is 1.79. The van der Waals surface area contributed by atoms with Gasteiger partial charge in [0.25, 0.3) is 0 Å². The van der Waals surface area contributed by atoms with Gasteiger partial charge in [0.2, 0.25) is 5.72 Å². The highest BCUT2D eigenvalue weighted by Gasteiger charge is 2.66. The first kappa shape index (κ1) is 24.2. The number of benzene rings is 4. The van der Waals surface area contributed by atoms with Crippen LogP contribution in [0.1, 0.15) is 44.4 Å². The number of nitrogens with zero attached hydrogens (tertiary/aromatic N) is 2. The van der Waals surface area contributed by atoms with Crippen molar-refractivity contribution < 1.29 is 14.3 Å². The third-order valence-electron chi connectivity index (χ3n) is 8.51. The van der Waals surface area contributed by atoms with E-state index in [-0.39, 0.29) is 18.0 Å². The predicted molar refractivity (Wildman–Crippen MR) is 153 cm³/mol. The molecule has 4 aromatic rings. The molecule has 6 rings (SSSR count). The number of anilines is 1. The summed E-state index contributed by atoms with van der Waals surface area (Å²) in [6.45, 7) is 8.50. The second-order valence-corrected chi connectivity index (χ2v) is 10.8. The van der Waals surface area contributed by atoms with Gasteiger partial charge in [-0.3, -0.25) is 9.79 Å². The van der Waals surface area contributed by atoms with E-state index in [0.29, 0.717) is 5.75 Å². The Kier molecular flexibility index (Phi) is 5.39. The van der Waals surface area contributed by atoms with Crippen LogP contribution in [-0.2, 0) is 20.4 Å². The number of likely N-dealkylation sites (N-methyl/N-ethyl adjacent to an activating group) is 1. The van der Waals surface area contributed by atoms with Crippen molar-refractivity contribution in [1.29, 1.82) is 0 Å². The molecule has 0 saturated heterocycles. The molecule has 0 fully saturated rings. The molecule has 38 heavy (non-hydrogen) atoms. The number of esters is 1. The van der Waals surface area contributed by atoms with Gasteiger partial charge in [-0.15, -0.1) is 0 Å². The van der Waals surface area contributed by atoms with Crippen LogP contribution in [-0.4, -0.2) is 31.6 Å². The third-order valence-corrected chi connectivity index (χ3v) is 8.51. The first-order valence-corrected chi connectivity index (χ1v) is 13.1. The van der Waals surface area contributed by atoms with Crippen LogP contribution in [0.25, 0.3) is 10.8 Å². The molecular weight excluding hydrogens is 472 g/mol. The summed E-state index contributed by atoms with van der Waals surface area (Å²) >= 11 is 0. The number of aliphatic imine (C=N–C) groups is 1. The van der Waals surface area contributed by atoms with Crippen molar-refractivity contribution in [3.63, 3.8) is 0 Å². The Morgan fingerprint density at radius 3 is 2.47 bits per heavy atom. The third kappa shape index (κ3) is 3.17. The number of rotatable bonds is 4. The summed E-state index contributed by atoms with van der Waals surface area (Å²) in [6, 6.07) is 29.0. The number of hydrogen-bond acceptors (Lipinski definition) is 5. The maximum Gasteiger partial charge on any atom is 0.322 e. The van der Waals surface area contributed by atoms with Crippen molar-refractivity contribution in [2.45, 2.75) is 44.2 Å². The quantitative estimate of drug-likeness (QED) is 0.283. The molecule has 5 nitrogen and oxygen atoms in total. The van der Waals surface area contributed by atoms with Crippen LogP contribution in [0.2, 0.25) is 0 Å². The Balaban J connectivity index is 1.46. The van der Waals surface area contributed by atoms with Crippen LogP contribution in [0.15, 0.2) is 89.9 Å². The van der Waals surface area contributed by atoms with E-state index in [9.17, 15) is 4.79 Å². The lowest BCUT2D eigenvalue weighted by atomic mass is 9.75. The molecule has 5 heteroatoms. The van der Waals surface area contributed by atoms with Gasteiger partial charge in [-0.1, -0.05) is 86.6 Å². The Bertz CT molecular complexity index is 1590. The molecule has 2 aliphatic heterocycles. The highest BCUT2D eigenvalue weighted by atomic mass is 16.6. The lowest BCUT2D eigenvalue weighted by molar-refractivity contribution is -0.154. The highest BCUT2D eigenvalue weighted by Crippen LogP contribution is 2.55. The Morgan fingerprint density at radius 2 is 1.71 bits per heavy atom. The standard InChI is InChI=1S/C33H32N2O3/c1-6-37-30(36)32(4)26-14-10-11-15-27(26)35(5)33(32)21-34-29-25-18-17-24(20-22(25)16-19-28(29)38-33)31(2,3)23-12-8-7-9-13-23/h7-21H,6H2,1-5H3. The predicted octanol–water partition coefficient (Wildman–Crippen LogP) is 6.93. The van der Waals surface area contributed by atoms with Gasteiger partial charge < -0.3 is 14.4 Å². The van der Waals surface area contributed by atoms with Crippen LogP contribution in [0.5, 0.6) is 5.75 Å². The number of carbonyl (C=O) groups is 1. The van der Waals surface area contributed by atoms with E-state index < -0.39 is 11.1 Å². The molecule has 1 spiro atoms. The Morgan fingerprint density at radius 1 is 0.974 bits per heavy atom. The summed E-state index contributed by atoms with van der Waals surface area (Å²) in [4.78, 5) is 20.5. The molecule has 0 bridgehead atoms. The molecule has 2 atom stereocenters. The summed E-state index contributed by atoms with van der Waals surface area (Å²) in [5.41, 5.74) is 2.66. The van der Waals surface area contributed by atoms with Crippen LogP contribution >= 0.6 is 0 Å². The zero-order valence-corrected chi connectivity index (χ0v) is 22.5. The van der Waals surface area contributed by atoms with Crippen molar-refractivity contribution >= 4 is 34.3 Å². The van der Waals surface area contributed by atoms with Crippen LogP contribution in [0, 0.1) is 0 Å². The van der Waals surface area contributed by atoms with E-state index in [1.54, 1.807) is 6.21 Å². The normalized spacial score (nSPS) is 21.8. The van der Waals surface area contributed by atoms with Crippen LogP contribution < -0.4 is 9.64 Å². The van der Waals surface area contributed by atoms with E-state index in [0.717, 1.165) is 27.7 Å². The van der Waals surface area contributed by atoms with E-state index >= 15 is 0 Å². The summed E-state index contributed by atoms with van der Waals surface area (Å²) in [5, 5.41) is 2.11. The van der Waals surface area contributed by atoms with Gasteiger partial charge in [-0.05, 0) is 48.1 Å². The topological polar surface area (TPSA) is 51.1 Å². The van der Waals surface area contributed by atoms with Gasteiger partial charge in [0.05, 0.1) is 12.8 Å². The average molecular weight is 505 g/mol. The molecule has 0 N–H and O–H groups in total. The number of ether oxygens (including phenoxy) is 2. The fourth-order valence-electron chi connectivity index (χ4n) is 6.08. The minimum Gasteiger partial charge on any atom is -0.465 e. The van der Waals surface area contributed by atoms with Gasteiger partial charge >= 0.3 is 5.97 Å². The van der Waals surface area contributed by atoms with E-state index in [1.807, 2.05) is 62.2 Å². The molecule has 0 saturated carbocycles. The lowest BCUT2D eigenvalue weighted by Gasteiger charge is -2.44. The molecular formula is C33H32N2O3. The zero-order chi connectivity index (χ0) is 26.7. The minimum absolute atomic E-state index is 0.144. The first-order valence-electron chi connectivity index (χ1n) is 13.1. The maximum atomic E-state index is 13.5. The van der Waals surface area contributed by atoms with Crippen molar-refractivity contribution in [3.05, 3.63) is 102 Å². The van der Waals surface area contributed by atoms with Crippen molar-refractivity contribution in [3.8, 4) is 5.75 Å². The van der Waals surface area contributed by atoms with E-state index in [1.165, 1.54) is 11.1 Å². The van der Waals surface area contributed by atoms with Crippen LogP contribution in [0.4, 0.5) is 11.4 Å². The zero-order valence-electron chi connectivity index (χ0n) is 22.5. The van der Waals surface area contributed by atoms with E-state index in [2.05, 4.69) is 62.4 Å². The largest absolute Gasteiger partial charge is 0.465 e. The number of fused-ring (bicyclic) bond motifs is 4. The molecule has 2 unspecified atom stereocenters. The second kappa shape index (κ2) is 8.45. The SMILES string of the molecule is CCOC(=O)C1(C)c2ccccc2N(C)C12C=Nc1c(ccc3cc(C(C)(C)c4ccccc4)ccc13)O2. The number of carbonyl (C=O) groups excluding carboxylic acids is 1. The van der Waals surface area contributed by atoms with E-state index in [4.69, 9.17) is 14.5 Å². The average Bonchev–Trinajstić information content (AvgIpc) is 3.13. The monoisotopic (exact) mass is 504 g/mol. The fourth-order valence-corrected chi connectivity index (χ4v) is 6.08. The summed E-state index contributed by atoms with van der Waals surface area (Å²) in [7, 11) is 1.94. The first-order chi connectivity index (χ1) is 18.2. The summed E-state index contributed by atoms with van der Waals surface area (Å²) < 4.78 is 12.4. The van der Waals surface area contributed by atoms with Crippen molar-refractivity contribution in [1.82, 2.24) is 0 Å². The Labute approximate surface area is 223 Å². The van der Waals surface area contributed by atoms with Gasteiger partial charge in [0, 0.05) is 23.5 Å². The molecule has 2 heterocycles. The summed E-state index contributed by atoms with van der Waals surface area (Å²) in [5.74, 6) is 0.311. The Hall–Kier alpha value is -4.12. The molecule has 2 aliphatic rings. The van der Waals surface area contributed by atoms with Crippen molar-refractivity contribution in [2.24, 2.45) is 4.99 Å². The fraction of sp³-hybridized carbons (Fsp3) is 0.273. The number of para-hydroxylation sites is 1. The highest BCUT2D eigenvalue weighted by molar-refractivity contribution is 6.04. The smallest absolute Gasteiger partial charge is 0.322 e. The molecule has 192 valence electrons. The van der Waals surface area contributed by atoms with Crippen molar-refractivity contribution in [2.75, 3.05) is 18.6 Å². The van der Waals surface area contributed by atoms with Gasteiger partial charge in [0.15, 0.2) is 5.41 Å². The number of hydrogen-bond donors (Lipinski definition) is 0. The molecule has 4 aromatic carbocycles. The lowest BCUT2D eigenvalue weighted by Crippen LogP contribution is -2.65.